The van der Waals surface area contributed by atoms with Crippen LogP contribution in [0, 0.1) is 6.92 Å². The zero-order valence-electron chi connectivity index (χ0n) is 14.9. The normalized spacial score (nSPS) is 12.1. The molecule has 2 heterocycles. The zero-order chi connectivity index (χ0) is 19.6. The fourth-order valence-electron chi connectivity index (χ4n) is 2.77. The minimum atomic E-state index is -0.168. The van der Waals surface area contributed by atoms with Crippen LogP contribution in [0.4, 0.5) is 5.69 Å². The van der Waals surface area contributed by atoms with E-state index in [2.05, 4.69) is 10.3 Å². The topological polar surface area (TPSA) is 67.9 Å². The van der Waals surface area contributed by atoms with Crippen LogP contribution in [0.2, 0.25) is 10.0 Å². The van der Waals surface area contributed by atoms with Gasteiger partial charge in [0.15, 0.2) is 6.54 Å². The zero-order valence-corrected chi connectivity index (χ0v) is 16.4. The summed E-state index contributed by atoms with van der Waals surface area (Å²) in [5.74, 6) is -0.168. The maximum absolute atomic E-state index is 12.3. The molecule has 0 bridgehead atoms. The summed E-state index contributed by atoms with van der Waals surface area (Å²) in [7, 11) is 1.87. The van der Waals surface area contributed by atoms with Crippen molar-refractivity contribution in [1.82, 2.24) is 9.38 Å². The maximum atomic E-state index is 12.3. The van der Waals surface area contributed by atoms with E-state index in [1.165, 1.54) is 10.5 Å². The van der Waals surface area contributed by atoms with Crippen LogP contribution in [0.3, 0.4) is 0 Å². The van der Waals surface area contributed by atoms with E-state index < -0.39 is 0 Å². The number of pyridine rings is 1. The van der Waals surface area contributed by atoms with E-state index in [1.54, 1.807) is 24.4 Å². The van der Waals surface area contributed by atoms with Crippen molar-refractivity contribution in [1.29, 1.82) is 0 Å². The van der Waals surface area contributed by atoms with E-state index in [1.807, 2.05) is 26.1 Å². The van der Waals surface area contributed by atoms with Gasteiger partial charge < -0.3 is 10.2 Å². The molecule has 6 nitrogen and oxygen atoms in total. The molecule has 27 heavy (non-hydrogen) atoms. The van der Waals surface area contributed by atoms with E-state index in [-0.39, 0.29) is 18.0 Å². The number of nitrogens with zero attached hydrogens (tertiary/aromatic N) is 2. The first kappa shape index (κ1) is 19.4. The molecule has 0 aliphatic rings. The smallest absolute Gasteiger partial charge is 0.279 e. The van der Waals surface area contributed by atoms with Crippen molar-refractivity contribution in [3.8, 4) is 0 Å². The number of likely N-dealkylation sites (N-methyl/N-ethyl adjacent to an activating group) is 1. The van der Waals surface area contributed by atoms with Crippen molar-refractivity contribution in [3.63, 3.8) is 0 Å². The lowest BCUT2D eigenvalue weighted by Crippen LogP contribution is -3.08. The number of hydrogen-bond donors (Lipinski definition) is 2. The van der Waals surface area contributed by atoms with Gasteiger partial charge in [0.2, 0.25) is 0 Å². The standard InChI is InChI=1S/C19H18Cl2N4O2/c1-12-3-6-17-22-14(8-19(27)25(17)9-12)10-24(2)11-18(26)23-13-4-5-15(20)16(21)7-13/h3-9H,10-11H2,1-2H3,(H,23,26)/p+1. The highest BCUT2D eigenvalue weighted by molar-refractivity contribution is 6.42. The van der Waals surface area contributed by atoms with Gasteiger partial charge in [-0.2, -0.15) is 0 Å². The Hall–Kier alpha value is -2.41. The van der Waals surface area contributed by atoms with Gasteiger partial charge >= 0.3 is 0 Å². The van der Waals surface area contributed by atoms with E-state index in [9.17, 15) is 9.59 Å². The van der Waals surface area contributed by atoms with E-state index >= 15 is 0 Å². The number of aryl methyl sites for hydroxylation is 1. The Balaban J connectivity index is 1.66. The number of amides is 1. The minimum absolute atomic E-state index is 0.133. The van der Waals surface area contributed by atoms with Crippen LogP contribution >= 0.6 is 23.2 Å². The first-order chi connectivity index (χ1) is 12.8. The second kappa shape index (κ2) is 8.08. The second-order valence-electron chi connectivity index (χ2n) is 6.51. The molecular formula is C19H19Cl2N4O2+. The van der Waals surface area contributed by atoms with Gasteiger partial charge in [0.25, 0.3) is 11.5 Å². The molecule has 1 amide bonds. The van der Waals surface area contributed by atoms with Crippen LogP contribution in [0.25, 0.3) is 5.65 Å². The molecule has 1 atom stereocenters. The highest BCUT2D eigenvalue weighted by Gasteiger charge is 2.13. The monoisotopic (exact) mass is 405 g/mol. The van der Waals surface area contributed by atoms with Gasteiger partial charge in [-0.25, -0.2) is 4.98 Å². The third-order valence-corrected chi connectivity index (χ3v) is 4.75. The van der Waals surface area contributed by atoms with Crippen molar-refractivity contribution < 1.29 is 9.69 Å². The number of carbonyl (C=O) groups excluding carboxylic acids is 1. The molecular weight excluding hydrogens is 387 g/mol. The average Bonchev–Trinajstić information content (AvgIpc) is 2.58. The van der Waals surface area contributed by atoms with Crippen LogP contribution in [-0.2, 0) is 11.3 Å². The molecule has 0 saturated heterocycles. The number of anilines is 1. The van der Waals surface area contributed by atoms with E-state index in [4.69, 9.17) is 23.2 Å². The summed E-state index contributed by atoms with van der Waals surface area (Å²) in [4.78, 5) is 29.9. The van der Waals surface area contributed by atoms with E-state index in [0.29, 0.717) is 33.6 Å². The van der Waals surface area contributed by atoms with Crippen LogP contribution < -0.4 is 15.8 Å². The Morgan fingerprint density at radius 1 is 1.19 bits per heavy atom. The van der Waals surface area contributed by atoms with E-state index in [0.717, 1.165) is 10.5 Å². The number of fused-ring (bicyclic) bond motifs is 1. The van der Waals surface area contributed by atoms with Crippen molar-refractivity contribution >= 4 is 40.4 Å². The number of aromatic nitrogens is 2. The molecule has 140 valence electrons. The molecule has 1 aromatic carbocycles. The van der Waals surface area contributed by atoms with Crippen LogP contribution in [0.1, 0.15) is 11.3 Å². The summed E-state index contributed by atoms with van der Waals surface area (Å²) in [5.41, 5.74) is 2.67. The Morgan fingerprint density at radius 2 is 1.96 bits per heavy atom. The Bertz CT molecular complexity index is 1070. The number of halogens is 2. The molecule has 0 fully saturated rings. The van der Waals surface area contributed by atoms with Crippen molar-refractivity contribution in [2.45, 2.75) is 13.5 Å². The van der Waals surface area contributed by atoms with Crippen molar-refractivity contribution in [2.24, 2.45) is 0 Å². The Labute approximate surface area is 166 Å². The van der Waals surface area contributed by atoms with Crippen LogP contribution in [0.15, 0.2) is 47.4 Å². The number of carbonyl (C=O) groups is 1. The quantitative estimate of drug-likeness (QED) is 0.681. The lowest BCUT2D eigenvalue weighted by molar-refractivity contribution is -0.885. The lowest BCUT2D eigenvalue weighted by Gasteiger charge is -2.14. The number of nitrogens with one attached hydrogen (secondary N) is 2. The molecule has 0 radical (unpaired) electrons. The van der Waals surface area contributed by atoms with Gasteiger partial charge in [0, 0.05) is 18.0 Å². The Kier molecular flexibility index (Phi) is 5.79. The second-order valence-corrected chi connectivity index (χ2v) is 7.32. The third-order valence-electron chi connectivity index (χ3n) is 4.01. The number of hydrogen-bond acceptors (Lipinski definition) is 3. The molecule has 0 aliphatic heterocycles. The molecule has 2 aromatic heterocycles. The summed E-state index contributed by atoms with van der Waals surface area (Å²) in [6, 6.07) is 10.1. The summed E-state index contributed by atoms with van der Waals surface area (Å²) in [5, 5.41) is 3.60. The average molecular weight is 406 g/mol. The lowest BCUT2D eigenvalue weighted by atomic mass is 10.3. The SMILES string of the molecule is Cc1ccc2nc(C[NH+](C)CC(=O)Nc3ccc(Cl)c(Cl)c3)cc(=O)n2c1. The molecule has 8 heteroatoms. The maximum Gasteiger partial charge on any atom is 0.279 e. The summed E-state index contributed by atoms with van der Waals surface area (Å²) in [6.07, 6.45) is 1.76. The molecule has 0 spiro atoms. The molecule has 0 aliphatic carbocycles. The Morgan fingerprint density at radius 3 is 2.70 bits per heavy atom. The summed E-state index contributed by atoms with van der Waals surface area (Å²) < 4.78 is 1.52. The van der Waals surface area contributed by atoms with Gasteiger partial charge in [-0.15, -0.1) is 0 Å². The fourth-order valence-corrected chi connectivity index (χ4v) is 3.07. The molecule has 2 N–H and O–H groups in total. The van der Waals surface area contributed by atoms with Gasteiger partial charge in [-0.05, 0) is 36.8 Å². The van der Waals surface area contributed by atoms with Gasteiger partial charge in [0.05, 0.1) is 17.1 Å². The number of rotatable bonds is 5. The predicted molar refractivity (Wildman–Crippen MR) is 107 cm³/mol. The largest absolute Gasteiger partial charge is 0.325 e. The summed E-state index contributed by atoms with van der Waals surface area (Å²) in [6.45, 7) is 2.59. The molecule has 1 unspecified atom stereocenters. The van der Waals surface area contributed by atoms with Crippen molar-refractivity contribution in [2.75, 3.05) is 18.9 Å². The van der Waals surface area contributed by atoms with Crippen molar-refractivity contribution in [3.05, 3.63) is 74.3 Å². The number of quaternary nitrogens is 1. The fraction of sp³-hybridized carbons (Fsp3) is 0.211. The van der Waals surface area contributed by atoms with Gasteiger partial charge in [-0.1, -0.05) is 29.3 Å². The third kappa shape index (κ3) is 4.86. The first-order valence-corrected chi connectivity index (χ1v) is 9.12. The van der Waals surface area contributed by atoms with Crippen LogP contribution in [0.5, 0.6) is 0 Å². The summed E-state index contributed by atoms with van der Waals surface area (Å²) >= 11 is 11.8. The number of benzene rings is 1. The molecule has 3 aromatic rings. The molecule has 3 rings (SSSR count). The predicted octanol–water partition coefficient (Wildman–Crippen LogP) is 1.96. The molecule has 0 saturated carbocycles. The minimum Gasteiger partial charge on any atom is -0.325 e. The van der Waals surface area contributed by atoms with Gasteiger partial charge in [-0.3, -0.25) is 14.0 Å². The highest BCUT2D eigenvalue weighted by Crippen LogP contribution is 2.24. The van der Waals surface area contributed by atoms with Gasteiger partial charge in [0.1, 0.15) is 17.9 Å². The first-order valence-electron chi connectivity index (χ1n) is 8.37. The van der Waals surface area contributed by atoms with Crippen LogP contribution in [-0.4, -0.2) is 28.9 Å². The highest BCUT2D eigenvalue weighted by atomic mass is 35.5.